The van der Waals surface area contributed by atoms with Crippen molar-refractivity contribution in [2.75, 3.05) is 35.9 Å². The van der Waals surface area contributed by atoms with Gasteiger partial charge < -0.3 is 9.64 Å². The third-order valence-corrected chi connectivity index (χ3v) is 4.98. The number of anilines is 2. The summed E-state index contributed by atoms with van der Waals surface area (Å²) < 4.78 is 32.4. The highest BCUT2D eigenvalue weighted by Crippen LogP contribution is 2.20. The van der Waals surface area contributed by atoms with Crippen LogP contribution in [0.15, 0.2) is 54.6 Å². The summed E-state index contributed by atoms with van der Waals surface area (Å²) in [7, 11) is -3.41. The van der Waals surface area contributed by atoms with E-state index in [9.17, 15) is 8.42 Å². The minimum absolute atomic E-state index is 0.0287. The molecular formula is C17H20N2O3S. The highest BCUT2D eigenvalue weighted by atomic mass is 32.2. The highest BCUT2D eigenvalue weighted by molar-refractivity contribution is 7.91. The predicted molar refractivity (Wildman–Crippen MR) is 92.2 cm³/mol. The zero-order chi connectivity index (χ0) is 16.1. The first-order valence-electron chi connectivity index (χ1n) is 7.60. The quantitative estimate of drug-likeness (QED) is 0.914. The van der Waals surface area contributed by atoms with Gasteiger partial charge in [0.2, 0.25) is 10.0 Å². The first kappa shape index (κ1) is 15.8. The molecule has 122 valence electrons. The molecule has 1 N–H and O–H groups in total. The van der Waals surface area contributed by atoms with Gasteiger partial charge in [-0.25, -0.2) is 8.42 Å². The summed E-state index contributed by atoms with van der Waals surface area (Å²) in [6.45, 7) is 3.18. The molecule has 23 heavy (non-hydrogen) atoms. The molecule has 0 unspecified atom stereocenters. The van der Waals surface area contributed by atoms with Gasteiger partial charge in [-0.05, 0) is 29.8 Å². The molecule has 5 nitrogen and oxygen atoms in total. The molecule has 1 fully saturated rings. The van der Waals surface area contributed by atoms with Gasteiger partial charge in [-0.15, -0.1) is 0 Å². The standard InChI is InChI=1S/C17H20N2O3S/c20-23(21,14-15-4-2-1-3-5-15)18-16-6-8-17(9-7-16)19-10-12-22-13-11-19/h1-9,18H,10-14H2. The summed E-state index contributed by atoms with van der Waals surface area (Å²) in [6.07, 6.45) is 0. The lowest BCUT2D eigenvalue weighted by atomic mass is 10.2. The normalized spacial score (nSPS) is 15.4. The number of hydrogen-bond donors (Lipinski definition) is 1. The van der Waals surface area contributed by atoms with Gasteiger partial charge in [-0.1, -0.05) is 30.3 Å². The molecule has 0 atom stereocenters. The number of hydrogen-bond acceptors (Lipinski definition) is 4. The molecule has 1 saturated heterocycles. The summed E-state index contributed by atoms with van der Waals surface area (Å²) in [5.74, 6) is -0.0287. The van der Waals surface area contributed by atoms with Crippen molar-refractivity contribution in [1.29, 1.82) is 0 Å². The molecule has 0 saturated carbocycles. The van der Waals surface area contributed by atoms with E-state index in [4.69, 9.17) is 4.74 Å². The van der Waals surface area contributed by atoms with Crippen LogP contribution < -0.4 is 9.62 Å². The van der Waals surface area contributed by atoms with E-state index in [0.717, 1.165) is 37.6 Å². The van der Waals surface area contributed by atoms with Crippen molar-refractivity contribution in [2.24, 2.45) is 0 Å². The molecule has 1 heterocycles. The SMILES string of the molecule is O=S(=O)(Cc1ccccc1)Nc1ccc(N2CCOCC2)cc1. The van der Waals surface area contributed by atoms with Gasteiger partial charge in [0.25, 0.3) is 0 Å². The van der Waals surface area contributed by atoms with Crippen molar-refractivity contribution >= 4 is 21.4 Å². The molecule has 0 radical (unpaired) electrons. The Kier molecular flexibility index (Phi) is 4.83. The van der Waals surface area contributed by atoms with Crippen LogP contribution in [0.3, 0.4) is 0 Å². The molecule has 0 bridgehead atoms. The van der Waals surface area contributed by atoms with Crippen LogP contribution in [0.1, 0.15) is 5.56 Å². The third kappa shape index (κ3) is 4.46. The van der Waals surface area contributed by atoms with Crippen molar-refractivity contribution in [3.63, 3.8) is 0 Å². The average Bonchev–Trinajstić information content (AvgIpc) is 2.56. The minimum Gasteiger partial charge on any atom is -0.378 e. The molecule has 0 spiro atoms. The Balaban J connectivity index is 1.65. The van der Waals surface area contributed by atoms with Crippen molar-refractivity contribution < 1.29 is 13.2 Å². The Hall–Kier alpha value is -2.05. The fourth-order valence-electron chi connectivity index (χ4n) is 2.57. The van der Waals surface area contributed by atoms with E-state index in [0.29, 0.717) is 5.69 Å². The monoisotopic (exact) mass is 332 g/mol. The number of sulfonamides is 1. The number of morpholine rings is 1. The maximum atomic E-state index is 12.2. The number of benzene rings is 2. The smallest absolute Gasteiger partial charge is 0.236 e. The molecule has 3 rings (SSSR count). The maximum Gasteiger partial charge on any atom is 0.236 e. The molecule has 6 heteroatoms. The van der Waals surface area contributed by atoms with Crippen LogP contribution >= 0.6 is 0 Å². The lowest BCUT2D eigenvalue weighted by Crippen LogP contribution is -2.36. The van der Waals surface area contributed by atoms with Gasteiger partial charge in [0.1, 0.15) is 0 Å². The largest absolute Gasteiger partial charge is 0.378 e. The van der Waals surface area contributed by atoms with Crippen LogP contribution in [0, 0.1) is 0 Å². The summed E-state index contributed by atoms with van der Waals surface area (Å²) in [5.41, 5.74) is 2.43. The van der Waals surface area contributed by atoms with Gasteiger partial charge in [0.15, 0.2) is 0 Å². The van der Waals surface area contributed by atoms with Crippen molar-refractivity contribution in [3.05, 3.63) is 60.2 Å². The Labute approximate surface area is 136 Å². The van der Waals surface area contributed by atoms with Crippen molar-refractivity contribution in [1.82, 2.24) is 0 Å². The number of rotatable bonds is 5. The predicted octanol–water partition coefficient (Wildman–Crippen LogP) is 2.47. The van der Waals surface area contributed by atoms with Gasteiger partial charge in [-0.2, -0.15) is 0 Å². The van der Waals surface area contributed by atoms with E-state index in [2.05, 4.69) is 9.62 Å². The van der Waals surface area contributed by atoms with E-state index >= 15 is 0 Å². The topological polar surface area (TPSA) is 58.6 Å². The Bertz CT molecular complexity index is 724. The van der Waals surface area contributed by atoms with E-state index in [1.165, 1.54) is 0 Å². The fourth-order valence-corrected chi connectivity index (χ4v) is 3.77. The minimum atomic E-state index is -3.41. The highest BCUT2D eigenvalue weighted by Gasteiger charge is 2.13. The van der Waals surface area contributed by atoms with Crippen LogP contribution in [0.2, 0.25) is 0 Å². The van der Waals surface area contributed by atoms with Crippen molar-refractivity contribution in [3.8, 4) is 0 Å². The molecule has 1 aliphatic heterocycles. The van der Waals surface area contributed by atoms with E-state index < -0.39 is 10.0 Å². The molecule has 1 aliphatic rings. The molecular weight excluding hydrogens is 312 g/mol. The van der Waals surface area contributed by atoms with Gasteiger partial charge in [0, 0.05) is 24.5 Å². The molecule has 2 aromatic rings. The van der Waals surface area contributed by atoms with Crippen LogP contribution in [0.25, 0.3) is 0 Å². The summed E-state index contributed by atoms with van der Waals surface area (Å²) in [5, 5.41) is 0. The van der Waals surface area contributed by atoms with Crippen LogP contribution in [-0.2, 0) is 20.5 Å². The van der Waals surface area contributed by atoms with Crippen molar-refractivity contribution in [2.45, 2.75) is 5.75 Å². The molecule has 0 amide bonds. The molecule has 2 aromatic carbocycles. The Morgan fingerprint density at radius 1 is 0.957 bits per heavy atom. The Morgan fingerprint density at radius 3 is 2.26 bits per heavy atom. The first-order valence-corrected chi connectivity index (χ1v) is 9.25. The van der Waals surface area contributed by atoms with E-state index in [1.54, 1.807) is 24.3 Å². The summed E-state index contributed by atoms with van der Waals surface area (Å²) in [6, 6.07) is 16.6. The van der Waals surface area contributed by atoms with Crippen LogP contribution in [0.4, 0.5) is 11.4 Å². The maximum absolute atomic E-state index is 12.2. The summed E-state index contributed by atoms with van der Waals surface area (Å²) in [4.78, 5) is 2.23. The number of ether oxygens (including phenoxy) is 1. The number of nitrogens with one attached hydrogen (secondary N) is 1. The van der Waals surface area contributed by atoms with E-state index in [-0.39, 0.29) is 5.75 Å². The zero-order valence-corrected chi connectivity index (χ0v) is 13.6. The second kappa shape index (κ2) is 7.02. The first-order chi connectivity index (χ1) is 11.1. The summed E-state index contributed by atoms with van der Waals surface area (Å²) >= 11 is 0. The van der Waals surface area contributed by atoms with Gasteiger partial charge >= 0.3 is 0 Å². The second-order valence-electron chi connectivity index (χ2n) is 5.49. The van der Waals surface area contributed by atoms with E-state index in [1.807, 2.05) is 30.3 Å². The fraction of sp³-hybridized carbons (Fsp3) is 0.294. The number of nitrogens with zero attached hydrogens (tertiary/aromatic N) is 1. The zero-order valence-electron chi connectivity index (χ0n) is 12.8. The van der Waals surface area contributed by atoms with Gasteiger partial charge in [-0.3, -0.25) is 4.72 Å². The van der Waals surface area contributed by atoms with Gasteiger partial charge in [0.05, 0.1) is 19.0 Å². The Morgan fingerprint density at radius 2 is 1.61 bits per heavy atom. The lowest BCUT2D eigenvalue weighted by molar-refractivity contribution is 0.122. The van der Waals surface area contributed by atoms with Crippen LogP contribution in [0.5, 0.6) is 0 Å². The third-order valence-electron chi connectivity index (χ3n) is 3.72. The molecule has 0 aromatic heterocycles. The average molecular weight is 332 g/mol. The van der Waals surface area contributed by atoms with Crippen LogP contribution in [-0.4, -0.2) is 34.7 Å². The molecule has 0 aliphatic carbocycles. The second-order valence-corrected chi connectivity index (χ2v) is 7.22. The lowest BCUT2D eigenvalue weighted by Gasteiger charge is -2.28.